The van der Waals surface area contributed by atoms with Crippen molar-refractivity contribution in [3.8, 4) is 0 Å². The molecule has 5 nitrogen and oxygen atoms in total. The molecule has 1 fully saturated rings. The van der Waals surface area contributed by atoms with Gasteiger partial charge in [-0.1, -0.05) is 25.7 Å². The minimum atomic E-state index is -0.539. The molecule has 4 N–H and O–H groups in total. The van der Waals surface area contributed by atoms with Gasteiger partial charge in [0.1, 0.15) is 6.04 Å². The highest BCUT2D eigenvalue weighted by atomic mass is 16.2. The van der Waals surface area contributed by atoms with E-state index in [1.807, 2.05) is 20.8 Å². The lowest BCUT2D eigenvalue weighted by atomic mass is 9.79. The van der Waals surface area contributed by atoms with Crippen molar-refractivity contribution in [2.45, 2.75) is 77.8 Å². The number of amides is 2. The van der Waals surface area contributed by atoms with Gasteiger partial charge >= 0.3 is 0 Å². The van der Waals surface area contributed by atoms with Crippen LogP contribution in [-0.2, 0) is 9.59 Å². The van der Waals surface area contributed by atoms with Gasteiger partial charge in [0, 0.05) is 12.1 Å². The molecule has 0 radical (unpaired) electrons. The lowest BCUT2D eigenvalue weighted by molar-refractivity contribution is -0.135. The van der Waals surface area contributed by atoms with Crippen LogP contribution in [0.25, 0.3) is 0 Å². The van der Waals surface area contributed by atoms with Crippen LogP contribution in [0.3, 0.4) is 0 Å². The molecule has 1 atom stereocenters. The van der Waals surface area contributed by atoms with Crippen LogP contribution in [0.5, 0.6) is 0 Å². The summed E-state index contributed by atoms with van der Waals surface area (Å²) in [5.74, 6) is -0.222. The number of hydrogen-bond acceptors (Lipinski definition) is 3. The first-order valence-corrected chi connectivity index (χ1v) is 8.03. The number of hydrogen-bond donors (Lipinski definition) is 3. The first-order chi connectivity index (χ1) is 9.70. The lowest BCUT2D eigenvalue weighted by Crippen LogP contribution is -2.55. The molecule has 1 rings (SSSR count). The van der Waals surface area contributed by atoms with Gasteiger partial charge in [-0.2, -0.15) is 0 Å². The lowest BCUT2D eigenvalue weighted by Gasteiger charge is -2.32. The van der Waals surface area contributed by atoms with Crippen LogP contribution in [0.15, 0.2) is 0 Å². The Labute approximate surface area is 128 Å². The van der Waals surface area contributed by atoms with Crippen molar-refractivity contribution in [2.24, 2.45) is 11.1 Å². The average molecular weight is 297 g/mol. The highest BCUT2D eigenvalue weighted by molar-refractivity contribution is 5.90. The van der Waals surface area contributed by atoms with Crippen molar-refractivity contribution < 1.29 is 9.59 Å². The normalized spacial score (nSPS) is 20.2. The molecule has 1 saturated carbocycles. The van der Waals surface area contributed by atoms with E-state index in [9.17, 15) is 9.59 Å². The predicted octanol–water partition coefficient (Wildman–Crippen LogP) is 1.71. The summed E-state index contributed by atoms with van der Waals surface area (Å²) in [6.45, 7) is 7.84. The van der Waals surface area contributed by atoms with Crippen LogP contribution in [-0.4, -0.2) is 29.9 Å². The number of nitrogens with two attached hydrogens (primary N) is 1. The maximum Gasteiger partial charge on any atom is 0.242 e. The van der Waals surface area contributed by atoms with Gasteiger partial charge in [-0.15, -0.1) is 0 Å². The van der Waals surface area contributed by atoms with Gasteiger partial charge in [0.05, 0.1) is 5.41 Å². The summed E-state index contributed by atoms with van der Waals surface area (Å²) in [7, 11) is 0. The van der Waals surface area contributed by atoms with Gasteiger partial charge in [-0.05, 0) is 40.5 Å². The molecule has 2 amide bonds. The van der Waals surface area contributed by atoms with Crippen LogP contribution >= 0.6 is 0 Å². The molecular weight excluding hydrogens is 266 g/mol. The van der Waals surface area contributed by atoms with Gasteiger partial charge in [0.2, 0.25) is 11.8 Å². The Hall–Kier alpha value is -1.10. The van der Waals surface area contributed by atoms with Gasteiger partial charge < -0.3 is 16.4 Å². The van der Waals surface area contributed by atoms with Crippen molar-refractivity contribution in [1.29, 1.82) is 0 Å². The number of carbonyl (C=O) groups excluding carboxylic acids is 2. The fourth-order valence-corrected chi connectivity index (χ4v) is 2.82. The topological polar surface area (TPSA) is 84.2 Å². The maximum absolute atomic E-state index is 12.6. The number of carbonyl (C=O) groups is 2. The standard InChI is InChI=1S/C16H31N3O2/c1-12(13(20)19-15(2,3)4)18-14(21)16(11-17)9-7-5-6-8-10-16/h12H,5-11,17H2,1-4H3,(H,18,21)(H,19,20). The van der Waals surface area contributed by atoms with E-state index in [0.717, 1.165) is 38.5 Å². The predicted molar refractivity (Wildman–Crippen MR) is 84.7 cm³/mol. The first-order valence-electron chi connectivity index (χ1n) is 8.03. The van der Waals surface area contributed by atoms with E-state index in [1.165, 1.54) is 0 Å². The molecule has 1 aliphatic rings. The monoisotopic (exact) mass is 297 g/mol. The zero-order valence-electron chi connectivity index (χ0n) is 13.9. The molecule has 122 valence electrons. The minimum Gasteiger partial charge on any atom is -0.350 e. The Bertz CT molecular complexity index is 366. The van der Waals surface area contributed by atoms with Crippen molar-refractivity contribution >= 4 is 11.8 Å². The van der Waals surface area contributed by atoms with Crippen molar-refractivity contribution in [2.75, 3.05) is 6.54 Å². The smallest absolute Gasteiger partial charge is 0.242 e. The van der Waals surface area contributed by atoms with Crippen molar-refractivity contribution in [1.82, 2.24) is 10.6 Å². The molecule has 5 heteroatoms. The van der Waals surface area contributed by atoms with Gasteiger partial charge in [0.25, 0.3) is 0 Å². The average Bonchev–Trinajstić information content (AvgIpc) is 2.62. The van der Waals surface area contributed by atoms with Gasteiger partial charge in [0.15, 0.2) is 0 Å². The molecule has 0 heterocycles. The molecule has 0 aromatic rings. The Kier molecular flexibility index (Phi) is 6.20. The largest absolute Gasteiger partial charge is 0.350 e. The summed E-state index contributed by atoms with van der Waals surface area (Å²) >= 11 is 0. The van der Waals surface area contributed by atoms with Crippen molar-refractivity contribution in [3.05, 3.63) is 0 Å². The third-order valence-electron chi connectivity index (χ3n) is 4.17. The summed E-state index contributed by atoms with van der Waals surface area (Å²) in [4.78, 5) is 24.7. The van der Waals surface area contributed by atoms with Gasteiger partial charge in [-0.3, -0.25) is 9.59 Å². The van der Waals surface area contributed by atoms with E-state index < -0.39 is 11.5 Å². The van der Waals surface area contributed by atoms with Crippen LogP contribution in [0, 0.1) is 5.41 Å². The molecule has 0 bridgehead atoms. The molecule has 1 unspecified atom stereocenters. The summed E-state index contributed by atoms with van der Waals surface area (Å²) in [5.41, 5.74) is 5.11. The zero-order chi connectivity index (χ0) is 16.1. The highest BCUT2D eigenvalue weighted by Crippen LogP contribution is 2.34. The van der Waals surface area contributed by atoms with Crippen molar-refractivity contribution in [3.63, 3.8) is 0 Å². The Balaban J connectivity index is 2.67. The minimum absolute atomic E-state index is 0.0662. The second kappa shape index (κ2) is 7.25. The Morgan fingerprint density at radius 2 is 1.67 bits per heavy atom. The first kappa shape index (κ1) is 18.0. The van der Waals surface area contributed by atoms with Crippen LogP contribution in [0.4, 0.5) is 0 Å². The van der Waals surface area contributed by atoms with E-state index in [0.29, 0.717) is 6.54 Å². The molecule has 0 aromatic carbocycles. The fraction of sp³-hybridized carbons (Fsp3) is 0.875. The van der Waals surface area contributed by atoms with Crippen LogP contribution < -0.4 is 16.4 Å². The Morgan fingerprint density at radius 3 is 2.10 bits per heavy atom. The highest BCUT2D eigenvalue weighted by Gasteiger charge is 2.38. The molecule has 0 aliphatic heterocycles. The number of rotatable bonds is 4. The molecular formula is C16H31N3O2. The van der Waals surface area contributed by atoms with E-state index in [4.69, 9.17) is 5.73 Å². The SMILES string of the molecule is CC(NC(=O)C1(CN)CCCCCC1)C(=O)NC(C)(C)C. The second-order valence-electron chi connectivity index (χ2n) is 7.33. The quantitative estimate of drug-likeness (QED) is 0.691. The summed E-state index contributed by atoms with van der Waals surface area (Å²) in [6, 6.07) is -0.539. The van der Waals surface area contributed by atoms with E-state index >= 15 is 0 Å². The van der Waals surface area contributed by atoms with E-state index in [-0.39, 0.29) is 17.4 Å². The van der Waals surface area contributed by atoms with E-state index in [1.54, 1.807) is 6.92 Å². The maximum atomic E-state index is 12.6. The number of nitrogens with one attached hydrogen (secondary N) is 2. The van der Waals surface area contributed by atoms with E-state index in [2.05, 4.69) is 10.6 Å². The summed E-state index contributed by atoms with van der Waals surface area (Å²) < 4.78 is 0. The van der Waals surface area contributed by atoms with Crippen LogP contribution in [0.1, 0.15) is 66.2 Å². The third kappa shape index (κ3) is 5.30. The Morgan fingerprint density at radius 1 is 1.14 bits per heavy atom. The third-order valence-corrected chi connectivity index (χ3v) is 4.17. The molecule has 21 heavy (non-hydrogen) atoms. The summed E-state index contributed by atoms with van der Waals surface area (Å²) in [5, 5.41) is 5.75. The molecule has 0 spiro atoms. The summed E-state index contributed by atoms with van der Waals surface area (Å²) in [6.07, 6.45) is 6.04. The second-order valence-corrected chi connectivity index (χ2v) is 7.33. The fourth-order valence-electron chi connectivity index (χ4n) is 2.82. The van der Waals surface area contributed by atoms with Crippen LogP contribution in [0.2, 0.25) is 0 Å². The zero-order valence-corrected chi connectivity index (χ0v) is 13.9. The molecule has 1 aliphatic carbocycles. The molecule has 0 aromatic heterocycles. The molecule has 0 saturated heterocycles. The van der Waals surface area contributed by atoms with Gasteiger partial charge in [-0.25, -0.2) is 0 Å².